The van der Waals surface area contributed by atoms with Gasteiger partial charge in [-0.15, -0.1) is 0 Å². The predicted molar refractivity (Wildman–Crippen MR) is 67.2 cm³/mol. The molecule has 0 radical (unpaired) electrons. The Morgan fingerprint density at radius 2 is 2.16 bits per heavy atom. The zero-order chi connectivity index (χ0) is 14.1. The first-order valence-electron chi connectivity index (χ1n) is 5.40. The van der Waals surface area contributed by atoms with E-state index >= 15 is 0 Å². The molecule has 98 valence electrons. The molecule has 0 aliphatic heterocycles. The summed E-state index contributed by atoms with van der Waals surface area (Å²) in [5, 5.41) is 19.2. The molecule has 0 aliphatic carbocycles. The number of nitrogens with one attached hydrogen (secondary N) is 1. The molecule has 1 aromatic rings. The van der Waals surface area contributed by atoms with Gasteiger partial charge in [0.05, 0.1) is 6.07 Å². The maximum atomic E-state index is 11.3. The van der Waals surface area contributed by atoms with Crippen LogP contribution >= 0.6 is 0 Å². The summed E-state index contributed by atoms with van der Waals surface area (Å²) in [6, 6.07) is 8.50. The lowest BCUT2D eigenvalue weighted by atomic mass is 10.2. The minimum atomic E-state index is -1.07. The molecule has 1 aromatic carbocycles. The van der Waals surface area contributed by atoms with E-state index in [1.807, 2.05) is 0 Å². The highest BCUT2D eigenvalue weighted by molar-refractivity contribution is 5.86. The number of para-hydroxylation sites is 1. The minimum absolute atomic E-state index is 0.0806. The number of ether oxygens (including phenoxy) is 1. The van der Waals surface area contributed by atoms with Gasteiger partial charge in [-0.05, 0) is 12.1 Å². The van der Waals surface area contributed by atoms with Gasteiger partial charge in [-0.25, -0.2) is 4.79 Å². The Labute approximate surface area is 109 Å². The zero-order valence-corrected chi connectivity index (χ0v) is 10.00. The number of carboxylic acid groups (broad SMARTS) is 1. The number of hydrogen-bond acceptors (Lipinski definition) is 4. The monoisotopic (exact) mass is 260 g/mol. The summed E-state index contributed by atoms with van der Waals surface area (Å²) in [7, 11) is 0. The highest BCUT2D eigenvalue weighted by Crippen LogP contribution is 2.19. The quantitative estimate of drug-likeness (QED) is 0.582. The Morgan fingerprint density at radius 3 is 2.84 bits per heavy atom. The van der Waals surface area contributed by atoms with Crippen molar-refractivity contribution in [1.29, 1.82) is 5.26 Å². The number of hydrogen-bond donors (Lipinski definition) is 2. The maximum Gasteiger partial charge on any atom is 0.328 e. The second-order valence-electron chi connectivity index (χ2n) is 3.43. The normalized spacial score (nSPS) is 9.84. The Balaban J connectivity index is 2.66. The smallest absolute Gasteiger partial charge is 0.328 e. The van der Waals surface area contributed by atoms with Crippen molar-refractivity contribution in [2.45, 2.75) is 0 Å². The standard InChI is InChI=1S/C13H12N2O4/c14-7-8-15-12(16)9-19-11-4-2-1-3-10(11)5-6-13(17)18/h1-6H,8-9H2,(H,15,16)(H,17,18)/b6-5+. The molecule has 6 nitrogen and oxygen atoms in total. The lowest BCUT2D eigenvalue weighted by Crippen LogP contribution is -2.29. The highest BCUT2D eigenvalue weighted by atomic mass is 16.5. The van der Waals surface area contributed by atoms with Gasteiger partial charge >= 0.3 is 5.97 Å². The number of carbonyl (C=O) groups is 2. The Kier molecular flexibility index (Phi) is 5.63. The first-order valence-corrected chi connectivity index (χ1v) is 5.40. The van der Waals surface area contributed by atoms with Gasteiger partial charge in [0.15, 0.2) is 6.61 Å². The summed E-state index contributed by atoms with van der Waals surface area (Å²) >= 11 is 0. The zero-order valence-electron chi connectivity index (χ0n) is 10.00. The lowest BCUT2D eigenvalue weighted by Gasteiger charge is -2.08. The predicted octanol–water partition coefficient (Wildman–Crippen LogP) is 0.803. The van der Waals surface area contributed by atoms with Crippen LogP contribution in [0.25, 0.3) is 6.08 Å². The summed E-state index contributed by atoms with van der Waals surface area (Å²) in [5.41, 5.74) is 0.554. The molecule has 19 heavy (non-hydrogen) atoms. The van der Waals surface area contributed by atoms with Gasteiger partial charge < -0.3 is 15.2 Å². The molecule has 0 bridgehead atoms. The SMILES string of the molecule is N#CCNC(=O)COc1ccccc1/C=C/C(=O)O. The highest BCUT2D eigenvalue weighted by Gasteiger charge is 2.04. The largest absolute Gasteiger partial charge is 0.483 e. The van der Waals surface area contributed by atoms with Crippen molar-refractivity contribution < 1.29 is 19.4 Å². The van der Waals surface area contributed by atoms with E-state index in [0.717, 1.165) is 6.08 Å². The fourth-order valence-corrected chi connectivity index (χ4v) is 1.24. The summed E-state index contributed by atoms with van der Waals surface area (Å²) in [6.07, 6.45) is 2.36. The van der Waals surface area contributed by atoms with Crippen LogP contribution in [0, 0.1) is 11.3 Å². The third kappa shape index (κ3) is 5.37. The first kappa shape index (κ1) is 14.3. The van der Waals surface area contributed by atoms with E-state index in [0.29, 0.717) is 11.3 Å². The van der Waals surface area contributed by atoms with E-state index in [-0.39, 0.29) is 13.2 Å². The van der Waals surface area contributed by atoms with Gasteiger partial charge in [0.1, 0.15) is 12.3 Å². The van der Waals surface area contributed by atoms with Gasteiger partial charge in [-0.3, -0.25) is 4.79 Å². The number of aliphatic carboxylic acids is 1. The second-order valence-corrected chi connectivity index (χ2v) is 3.43. The van der Waals surface area contributed by atoms with Crippen LogP contribution in [0.5, 0.6) is 5.75 Å². The summed E-state index contributed by atoms with van der Waals surface area (Å²) in [5.74, 6) is -1.09. The van der Waals surface area contributed by atoms with Crippen molar-refractivity contribution in [3.63, 3.8) is 0 Å². The van der Waals surface area contributed by atoms with Gasteiger partial charge in [0, 0.05) is 11.6 Å². The van der Waals surface area contributed by atoms with Crippen LogP contribution < -0.4 is 10.1 Å². The molecule has 2 N–H and O–H groups in total. The van der Waals surface area contributed by atoms with Crippen LogP contribution in [0.3, 0.4) is 0 Å². The molecule has 6 heteroatoms. The van der Waals surface area contributed by atoms with Crippen LogP contribution in [0.2, 0.25) is 0 Å². The molecule has 0 heterocycles. The summed E-state index contributed by atoms with van der Waals surface area (Å²) < 4.78 is 5.26. The topological polar surface area (TPSA) is 99.4 Å². The van der Waals surface area contributed by atoms with E-state index in [2.05, 4.69) is 5.32 Å². The molecule has 0 aromatic heterocycles. The Hall–Kier alpha value is -2.81. The Bertz CT molecular complexity index is 532. The average molecular weight is 260 g/mol. The van der Waals surface area contributed by atoms with Crippen molar-refractivity contribution in [3.8, 4) is 11.8 Å². The molecular weight excluding hydrogens is 248 g/mol. The van der Waals surface area contributed by atoms with Crippen molar-refractivity contribution in [1.82, 2.24) is 5.32 Å². The minimum Gasteiger partial charge on any atom is -0.483 e. The van der Waals surface area contributed by atoms with Crippen molar-refractivity contribution in [2.24, 2.45) is 0 Å². The van der Waals surface area contributed by atoms with E-state index in [1.54, 1.807) is 30.3 Å². The molecule has 1 amide bonds. The van der Waals surface area contributed by atoms with E-state index < -0.39 is 11.9 Å². The average Bonchev–Trinajstić information content (AvgIpc) is 2.41. The summed E-state index contributed by atoms with van der Waals surface area (Å²) in [4.78, 5) is 21.7. The van der Waals surface area contributed by atoms with Gasteiger partial charge in [0.2, 0.25) is 0 Å². The second kappa shape index (κ2) is 7.50. The number of nitriles is 1. The van der Waals surface area contributed by atoms with Crippen LogP contribution in [0.15, 0.2) is 30.3 Å². The third-order valence-corrected chi connectivity index (χ3v) is 2.05. The van der Waals surface area contributed by atoms with Crippen LogP contribution in [0.1, 0.15) is 5.56 Å². The maximum absolute atomic E-state index is 11.3. The molecule has 0 atom stereocenters. The third-order valence-electron chi connectivity index (χ3n) is 2.05. The lowest BCUT2D eigenvalue weighted by molar-refractivity contribution is -0.131. The molecule has 0 fully saturated rings. The van der Waals surface area contributed by atoms with Gasteiger partial charge in [-0.1, -0.05) is 18.2 Å². The Morgan fingerprint density at radius 1 is 1.42 bits per heavy atom. The number of carboxylic acids is 1. The molecule has 0 spiro atoms. The fourth-order valence-electron chi connectivity index (χ4n) is 1.24. The van der Waals surface area contributed by atoms with Crippen LogP contribution in [0.4, 0.5) is 0 Å². The fraction of sp³-hybridized carbons (Fsp3) is 0.154. The number of rotatable bonds is 6. The molecule has 0 saturated carbocycles. The molecular formula is C13H12N2O4. The van der Waals surface area contributed by atoms with Crippen LogP contribution in [-0.4, -0.2) is 30.1 Å². The van der Waals surface area contributed by atoms with Crippen molar-refractivity contribution in [2.75, 3.05) is 13.2 Å². The molecule has 0 aliphatic rings. The van der Waals surface area contributed by atoms with E-state index in [4.69, 9.17) is 15.1 Å². The number of carbonyl (C=O) groups excluding carboxylic acids is 1. The molecule has 1 rings (SSSR count). The van der Waals surface area contributed by atoms with Crippen LogP contribution in [-0.2, 0) is 9.59 Å². The first-order chi connectivity index (χ1) is 9.13. The number of benzene rings is 1. The van der Waals surface area contributed by atoms with Crippen molar-refractivity contribution >= 4 is 18.0 Å². The molecule has 0 unspecified atom stereocenters. The van der Waals surface area contributed by atoms with E-state index in [9.17, 15) is 9.59 Å². The number of nitrogens with zero attached hydrogens (tertiary/aromatic N) is 1. The number of amides is 1. The van der Waals surface area contributed by atoms with Gasteiger partial charge in [0.25, 0.3) is 5.91 Å². The molecule has 0 saturated heterocycles. The van der Waals surface area contributed by atoms with E-state index in [1.165, 1.54) is 6.08 Å². The summed E-state index contributed by atoms with van der Waals surface area (Å²) in [6.45, 7) is -0.317. The van der Waals surface area contributed by atoms with Crippen molar-refractivity contribution in [3.05, 3.63) is 35.9 Å². The van der Waals surface area contributed by atoms with Gasteiger partial charge in [-0.2, -0.15) is 5.26 Å².